The Balaban J connectivity index is 1.37. The van der Waals surface area contributed by atoms with Gasteiger partial charge >= 0.3 is 0 Å². The highest BCUT2D eigenvalue weighted by molar-refractivity contribution is 5.82. The number of aromatic amines is 1. The minimum Gasteiger partial charge on any atom is -0.477 e. The molecular formula is C20H25F2N7O2. The molecule has 2 aliphatic heterocycles. The first-order chi connectivity index (χ1) is 15.0. The zero-order chi connectivity index (χ0) is 21.6. The molecular weight excluding hydrogens is 408 g/mol. The third kappa shape index (κ3) is 3.61. The number of H-pyrrole nitrogens is 1. The lowest BCUT2D eigenvalue weighted by Crippen LogP contribution is -2.58. The molecule has 2 aliphatic rings. The van der Waals surface area contributed by atoms with Crippen molar-refractivity contribution < 1.29 is 18.3 Å². The van der Waals surface area contributed by atoms with Gasteiger partial charge in [0.25, 0.3) is 5.92 Å². The van der Waals surface area contributed by atoms with E-state index in [2.05, 4.69) is 25.4 Å². The molecule has 0 radical (unpaired) electrons. The molecule has 2 saturated heterocycles. The number of aromatic nitrogens is 5. The van der Waals surface area contributed by atoms with Crippen molar-refractivity contribution >= 4 is 22.7 Å². The predicted molar refractivity (Wildman–Crippen MR) is 110 cm³/mol. The minimum absolute atomic E-state index is 0.0994. The molecule has 5 heterocycles. The number of piperidine rings is 1. The lowest BCUT2D eigenvalue weighted by Gasteiger charge is -2.44. The highest BCUT2D eigenvalue weighted by atomic mass is 19.3. The van der Waals surface area contributed by atoms with E-state index in [-0.39, 0.29) is 12.6 Å². The molecule has 0 bridgehead atoms. The van der Waals surface area contributed by atoms with Crippen LogP contribution in [0.15, 0.2) is 18.5 Å². The molecule has 0 amide bonds. The topological polar surface area (TPSA) is 93.1 Å². The number of fused-ring (bicyclic) bond motifs is 1. The van der Waals surface area contributed by atoms with Gasteiger partial charge < -0.3 is 19.8 Å². The van der Waals surface area contributed by atoms with E-state index in [1.54, 1.807) is 19.3 Å². The van der Waals surface area contributed by atoms with Gasteiger partial charge in [-0.2, -0.15) is 15.1 Å². The van der Waals surface area contributed by atoms with Gasteiger partial charge in [0.05, 0.1) is 55.4 Å². The Morgan fingerprint density at radius 2 is 2.19 bits per heavy atom. The van der Waals surface area contributed by atoms with Gasteiger partial charge in [0, 0.05) is 12.7 Å². The summed E-state index contributed by atoms with van der Waals surface area (Å²) in [5.74, 6) is -2.11. The van der Waals surface area contributed by atoms with Crippen molar-refractivity contribution in [3.63, 3.8) is 0 Å². The van der Waals surface area contributed by atoms with E-state index in [1.165, 1.54) is 4.68 Å². The maximum Gasteiger partial charge on any atom is 0.282 e. The normalized spacial score (nSPS) is 21.9. The first-order valence-corrected chi connectivity index (χ1v) is 10.4. The van der Waals surface area contributed by atoms with E-state index in [1.807, 2.05) is 17.9 Å². The number of anilines is 2. The molecule has 166 valence electrons. The molecule has 2 fully saturated rings. The van der Waals surface area contributed by atoms with Crippen LogP contribution in [-0.2, 0) is 4.74 Å². The van der Waals surface area contributed by atoms with Crippen LogP contribution in [0.4, 0.5) is 20.4 Å². The largest absolute Gasteiger partial charge is 0.477 e. The van der Waals surface area contributed by atoms with Crippen LogP contribution in [0.25, 0.3) is 11.0 Å². The monoisotopic (exact) mass is 433 g/mol. The van der Waals surface area contributed by atoms with Crippen molar-refractivity contribution in [3.05, 3.63) is 24.2 Å². The zero-order valence-corrected chi connectivity index (χ0v) is 17.4. The van der Waals surface area contributed by atoms with E-state index in [4.69, 9.17) is 9.47 Å². The molecule has 1 unspecified atom stereocenters. The average molecular weight is 433 g/mol. The first-order valence-electron chi connectivity index (χ1n) is 10.4. The number of ether oxygens (including phenoxy) is 2. The van der Waals surface area contributed by atoms with Gasteiger partial charge in [-0.15, -0.1) is 0 Å². The molecule has 3 aromatic rings. The van der Waals surface area contributed by atoms with Crippen molar-refractivity contribution in [1.82, 2.24) is 29.6 Å². The van der Waals surface area contributed by atoms with E-state index in [0.717, 1.165) is 5.39 Å². The highest BCUT2D eigenvalue weighted by Crippen LogP contribution is 2.39. The summed E-state index contributed by atoms with van der Waals surface area (Å²) in [7, 11) is 0. The third-order valence-corrected chi connectivity index (χ3v) is 5.98. The van der Waals surface area contributed by atoms with Crippen LogP contribution in [-0.4, -0.2) is 74.5 Å². The molecule has 0 spiro atoms. The van der Waals surface area contributed by atoms with Crippen molar-refractivity contribution in [3.8, 4) is 5.88 Å². The summed E-state index contributed by atoms with van der Waals surface area (Å²) in [6.45, 7) is 5.50. The molecule has 5 rings (SSSR count). The highest BCUT2D eigenvalue weighted by Gasteiger charge is 2.48. The van der Waals surface area contributed by atoms with Gasteiger partial charge in [-0.3, -0.25) is 9.58 Å². The van der Waals surface area contributed by atoms with E-state index >= 15 is 8.78 Å². The van der Waals surface area contributed by atoms with Crippen molar-refractivity contribution in [2.75, 3.05) is 38.2 Å². The second-order valence-corrected chi connectivity index (χ2v) is 7.97. The fraction of sp³-hybridized carbons (Fsp3) is 0.550. The summed E-state index contributed by atoms with van der Waals surface area (Å²) < 4.78 is 42.2. The van der Waals surface area contributed by atoms with E-state index in [9.17, 15) is 0 Å². The Labute approximate surface area is 177 Å². The third-order valence-electron chi connectivity index (χ3n) is 5.98. The van der Waals surface area contributed by atoms with Gasteiger partial charge in [0.15, 0.2) is 0 Å². The summed E-state index contributed by atoms with van der Waals surface area (Å²) in [5, 5.41) is 8.17. The lowest BCUT2D eigenvalue weighted by atomic mass is 9.98. The Morgan fingerprint density at radius 3 is 2.90 bits per heavy atom. The van der Waals surface area contributed by atoms with Gasteiger partial charge in [0.2, 0.25) is 11.8 Å². The van der Waals surface area contributed by atoms with Crippen LogP contribution < -0.4 is 10.1 Å². The summed E-state index contributed by atoms with van der Waals surface area (Å²) in [6.07, 6.45) is 3.63. The fourth-order valence-corrected chi connectivity index (χ4v) is 4.20. The van der Waals surface area contributed by atoms with Crippen molar-refractivity contribution in [2.45, 2.75) is 38.3 Å². The van der Waals surface area contributed by atoms with Crippen molar-refractivity contribution in [2.24, 2.45) is 0 Å². The van der Waals surface area contributed by atoms with Crippen LogP contribution >= 0.6 is 0 Å². The summed E-state index contributed by atoms with van der Waals surface area (Å²) in [4.78, 5) is 13.7. The van der Waals surface area contributed by atoms with Gasteiger partial charge in [0.1, 0.15) is 11.7 Å². The molecule has 0 aliphatic carbocycles. The van der Waals surface area contributed by atoms with Crippen LogP contribution in [0.1, 0.15) is 25.1 Å². The molecule has 31 heavy (non-hydrogen) atoms. The maximum absolute atomic E-state index is 15.0. The molecule has 11 heteroatoms. The minimum atomic E-state index is -2.89. The molecule has 3 aromatic heterocycles. The molecule has 1 atom stereocenters. The van der Waals surface area contributed by atoms with E-state index in [0.29, 0.717) is 61.6 Å². The SMILES string of the molecule is CCOc1nc(Nc2cnn(C3CCN(C4COC4)CC3(F)F)c2C)nc2[nH]ccc12. The van der Waals surface area contributed by atoms with Gasteiger partial charge in [-0.25, -0.2) is 8.78 Å². The van der Waals surface area contributed by atoms with Crippen LogP contribution in [0.2, 0.25) is 0 Å². The smallest absolute Gasteiger partial charge is 0.282 e. The van der Waals surface area contributed by atoms with E-state index < -0.39 is 12.0 Å². The van der Waals surface area contributed by atoms with Crippen LogP contribution in [0.5, 0.6) is 5.88 Å². The first kappa shape index (κ1) is 20.1. The van der Waals surface area contributed by atoms with Crippen molar-refractivity contribution in [1.29, 1.82) is 0 Å². The number of nitrogens with one attached hydrogen (secondary N) is 2. The quantitative estimate of drug-likeness (QED) is 0.617. The number of rotatable bonds is 6. The summed E-state index contributed by atoms with van der Waals surface area (Å²) in [6, 6.07) is 0.950. The second kappa shape index (κ2) is 7.72. The standard InChI is InChI=1S/C20H25F2N7O2/c1-3-31-18-14-4-6-23-17(14)26-19(27-18)25-15-8-24-29(12(15)2)16-5-7-28(11-20(16,21)22)13-9-30-10-13/h4,6,8,13,16H,3,5,7,9-11H2,1-2H3,(H2,23,25,26,27). The summed E-state index contributed by atoms with van der Waals surface area (Å²) in [5.41, 5.74) is 1.82. The van der Waals surface area contributed by atoms with Gasteiger partial charge in [-0.1, -0.05) is 0 Å². The molecule has 9 nitrogen and oxygen atoms in total. The average Bonchev–Trinajstić information content (AvgIpc) is 3.28. The zero-order valence-electron chi connectivity index (χ0n) is 17.4. The number of alkyl halides is 2. The Morgan fingerprint density at radius 1 is 1.35 bits per heavy atom. The van der Waals surface area contributed by atoms with Gasteiger partial charge in [-0.05, 0) is 26.3 Å². The number of likely N-dealkylation sites (tertiary alicyclic amines) is 1. The van der Waals surface area contributed by atoms with Crippen LogP contribution in [0, 0.1) is 6.92 Å². The number of halogens is 2. The van der Waals surface area contributed by atoms with Crippen LogP contribution in [0.3, 0.4) is 0 Å². The Kier molecular flexibility index (Phi) is 5.01. The molecule has 2 N–H and O–H groups in total. The molecule has 0 saturated carbocycles. The maximum atomic E-state index is 15.0. The molecule has 0 aromatic carbocycles. The lowest BCUT2D eigenvalue weighted by molar-refractivity contribution is -0.150. The predicted octanol–water partition coefficient (Wildman–Crippen LogP) is 2.89. The second-order valence-electron chi connectivity index (χ2n) is 7.97. The number of nitrogens with zero attached hydrogens (tertiary/aromatic N) is 5. The fourth-order valence-electron chi connectivity index (χ4n) is 4.20. The number of hydrogen-bond acceptors (Lipinski definition) is 7. The number of hydrogen-bond donors (Lipinski definition) is 2. The Bertz CT molecular complexity index is 1080. The summed E-state index contributed by atoms with van der Waals surface area (Å²) >= 11 is 0. The Hall–Kier alpha value is -2.79.